The van der Waals surface area contributed by atoms with Crippen molar-refractivity contribution in [2.45, 2.75) is 13.0 Å². The maximum atomic E-state index is 11.6. The molecule has 1 aliphatic rings. The molecule has 0 aliphatic carbocycles. The highest BCUT2D eigenvalue weighted by Crippen LogP contribution is 2.12. The predicted octanol–water partition coefficient (Wildman–Crippen LogP) is -0.0914. The molecular weight excluding hydrogens is 182 g/mol. The zero-order valence-corrected chi connectivity index (χ0v) is 8.33. The van der Waals surface area contributed by atoms with Crippen LogP contribution in [0.25, 0.3) is 0 Å². The SMILES string of the molecule is CN(C)c1nc2c(c(=O)[nH]1)COCC2. The predicted molar refractivity (Wildman–Crippen MR) is 52.5 cm³/mol. The zero-order chi connectivity index (χ0) is 10.1. The first-order chi connectivity index (χ1) is 6.68. The molecule has 2 rings (SSSR count). The molecule has 0 saturated heterocycles. The Hall–Kier alpha value is -1.36. The summed E-state index contributed by atoms with van der Waals surface area (Å²) in [4.78, 5) is 20.5. The van der Waals surface area contributed by atoms with E-state index < -0.39 is 0 Å². The Kier molecular flexibility index (Phi) is 2.25. The minimum absolute atomic E-state index is 0.0848. The van der Waals surface area contributed by atoms with Crippen LogP contribution < -0.4 is 10.5 Å². The van der Waals surface area contributed by atoms with Crippen LogP contribution in [0.5, 0.6) is 0 Å². The van der Waals surface area contributed by atoms with Gasteiger partial charge in [0.05, 0.1) is 24.5 Å². The highest BCUT2D eigenvalue weighted by Gasteiger charge is 2.16. The summed E-state index contributed by atoms with van der Waals surface area (Å²) in [5.74, 6) is 0.607. The number of ether oxygens (including phenoxy) is 1. The summed E-state index contributed by atoms with van der Waals surface area (Å²) < 4.78 is 5.20. The van der Waals surface area contributed by atoms with Gasteiger partial charge in [-0.2, -0.15) is 0 Å². The highest BCUT2D eigenvalue weighted by molar-refractivity contribution is 5.31. The zero-order valence-electron chi connectivity index (χ0n) is 8.33. The van der Waals surface area contributed by atoms with Crippen LogP contribution in [0.15, 0.2) is 4.79 Å². The molecule has 1 aromatic heterocycles. The first-order valence-electron chi connectivity index (χ1n) is 4.55. The molecule has 5 heteroatoms. The Bertz CT molecular complexity index is 398. The number of nitrogens with zero attached hydrogens (tertiary/aromatic N) is 2. The molecule has 14 heavy (non-hydrogen) atoms. The van der Waals surface area contributed by atoms with Crippen molar-refractivity contribution >= 4 is 5.95 Å². The van der Waals surface area contributed by atoms with Crippen LogP contribution in [0.4, 0.5) is 5.95 Å². The van der Waals surface area contributed by atoms with Crippen LogP contribution in [0.1, 0.15) is 11.3 Å². The quantitative estimate of drug-likeness (QED) is 0.680. The van der Waals surface area contributed by atoms with Crippen molar-refractivity contribution in [1.29, 1.82) is 0 Å². The summed E-state index contributed by atoms with van der Waals surface area (Å²) in [5, 5.41) is 0. The molecule has 0 aromatic carbocycles. The van der Waals surface area contributed by atoms with Gasteiger partial charge in [-0.1, -0.05) is 0 Å². The van der Waals surface area contributed by atoms with Crippen molar-refractivity contribution in [3.63, 3.8) is 0 Å². The lowest BCUT2D eigenvalue weighted by atomic mass is 10.1. The molecule has 0 bridgehead atoms. The van der Waals surface area contributed by atoms with Crippen LogP contribution in [0.3, 0.4) is 0 Å². The third-order valence-electron chi connectivity index (χ3n) is 2.24. The Balaban J connectivity index is 2.52. The maximum absolute atomic E-state index is 11.6. The van der Waals surface area contributed by atoms with Gasteiger partial charge < -0.3 is 9.64 Å². The van der Waals surface area contributed by atoms with E-state index in [0.29, 0.717) is 24.7 Å². The van der Waals surface area contributed by atoms with E-state index in [1.807, 2.05) is 14.1 Å². The van der Waals surface area contributed by atoms with Crippen molar-refractivity contribution in [1.82, 2.24) is 9.97 Å². The van der Waals surface area contributed by atoms with Gasteiger partial charge in [0.25, 0.3) is 5.56 Å². The summed E-state index contributed by atoms with van der Waals surface area (Å²) in [6.07, 6.45) is 0.722. The number of anilines is 1. The van der Waals surface area contributed by atoms with Gasteiger partial charge in [0, 0.05) is 20.5 Å². The normalized spacial score (nSPS) is 15.0. The van der Waals surface area contributed by atoms with Gasteiger partial charge in [-0.25, -0.2) is 4.98 Å². The monoisotopic (exact) mass is 195 g/mol. The molecule has 0 unspecified atom stereocenters. The standard InChI is InChI=1S/C9H13N3O2/c1-12(2)9-10-7-3-4-14-5-6(7)8(13)11-9/h3-5H2,1-2H3,(H,10,11,13). The smallest absolute Gasteiger partial charge is 0.258 e. The van der Waals surface area contributed by atoms with Gasteiger partial charge in [0.2, 0.25) is 5.95 Å². The number of nitrogens with one attached hydrogen (secondary N) is 1. The van der Waals surface area contributed by atoms with Gasteiger partial charge in [-0.3, -0.25) is 9.78 Å². The minimum Gasteiger partial charge on any atom is -0.376 e. The van der Waals surface area contributed by atoms with E-state index >= 15 is 0 Å². The molecule has 0 fully saturated rings. The van der Waals surface area contributed by atoms with Gasteiger partial charge in [0.1, 0.15) is 0 Å². The first kappa shape index (κ1) is 9.21. The molecule has 76 valence electrons. The van der Waals surface area contributed by atoms with Gasteiger partial charge in [-0.05, 0) is 0 Å². The Morgan fingerprint density at radius 3 is 3.00 bits per heavy atom. The molecule has 0 saturated carbocycles. The fraction of sp³-hybridized carbons (Fsp3) is 0.556. The Morgan fingerprint density at radius 1 is 1.50 bits per heavy atom. The van der Waals surface area contributed by atoms with Crippen molar-refractivity contribution in [2.75, 3.05) is 25.6 Å². The summed E-state index contributed by atoms with van der Waals surface area (Å²) in [7, 11) is 3.70. The van der Waals surface area contributed by atoms with E-state index in [2.05, 4.69) is 9.97 Å². The summed E-state index contributed by atoms with van der Waals surface area (Å²) in [6, 6.07) is 0. The highest BCUT2D eigenvalue weighted by atomic mass is 16.5. The lowest BCUT2D eigenvalue weighted by molar-refractivity contribution is 0.108. The summed E-state index contributed by atoms with van der Waals surface area (Å²) >= 11 is 0. The number of rotatable bonds is 1. The number of hydrogen-bond donors (Lipinski definition) is 1. The van der Waals surface area contributed by atoms with Gasteiger partial charge >= 0.3 is 0 Å². The van der Waals surface area contributed by atoms with Crippen LogP contribution >= 0.6 is 0 Å². The third-order valence-corrected chi connectivity index (χ3v) is 2.24. The topological polar surface area (TPSA) is 58.2 Å². The molecule has 0 radical (unpaired) electrons. The van der Waals surface area contributed by atoms with Crippen LogP contribution in [0, 0.1) is 0 Å². The summed E-state index contributed by atoms with van der Waals surface area (Å²) in [6.45, 7) is 1.03. The molecule has 1 aromatic rings. The van der Waals surface area contributed by atoms with E-state index in [1.165, 1.54) is 0 Å². The second-order valence-electron chi connectivity index (χ2n) is 3.51. The van der Waals surface area contributed by atoms with E-state index in [0.717, 1.165) is 12.1 Å². The third kappa shape index (κ3) is 1.50. The van der Waals surface area contributed by atoms with Crippen molar-refractivity contribution in [3.8, 4) is 0 Å². The summed E-state index contributed by atoms with van der Waals surface area (Å²) in [5.41, 5.74) is 1.45. The fourth-order valence-electron chi connectivity index (χ4n) is 1.44. The minimum atomic E-state index is -0.0848. The number of hydrogen-bond acceptors (Lipinski definition) is 4. The number of aromatic amines is 1. The van der Waals surface area contributed by atoms with Crippen molar-refractivity contribution in [3.05, 3.63) is 21.6 Å². The van der Waals surface area contributed by atoms with Crippen molar-refractivity contribution < 1.29 is 4.74 Å². The maximum Gasteiger partial charge on any atom is 0.258 e. The average molecular weight is 195 g/mol. The number of fused-ring (bicyclic) bond motifs is 1. The largest absolute Gasteiger partial charge is 0.376 e. The molecule has 0 amide bonds. The van der Waals surface area contributed by atoms with E-state index in [1.54, 1.807) is 4.90 Å². The molecular formula is C9H13N3O2. The van der Waals surface area contributed by atoms with E-state index in [4.69, 9.17) is 4.74 Å². The van der Waals surface area contributed by atoms with Crippen LogP contribution in [-0.4, -0.2) is 30.7 Å². The van der Waals surface area contributed by atoms with E-state index in [-0.39, 0.29) is 5.56 Å². The molecule has 0 spiro atoms. The molecule has 2 heterocycles. The van der Waals surface area contributed by atoms with Crippen molar-refractivity contribution in [2.24, 2.45) is 0 Å². The molecule has 5 nitrogen and oxygen atoms in total. The first-order valence-corrected chi connectivity index (χ1v) is 4.55. The molecule has 0 atom stereocenters. The molecule has 1 aliphatic heterocycles. The number of H-pyrrole nitrogens is 1. The van der Waals surface area contributed by atoms with Crippen LogP contribution in [0.2, 0.25) is 0 Å². The lowest BCUT2D eigenvalue weighted by Crippen LogP contribution is -2.27. The van der Waals surface area contributed by atoms with Gasteiger partial charge in [-0.15, -0.1) is 0 Å². The van der Waals surface area contributed by atoms with E-state index in [9.17, 15) is 4.79 Å². The second kappa shape index (κ2) is 3.42. The Morgan fingerprint density at radius 2 is 2.29 bits per heavy atom. The lowest BCUT2D eigenvalue weighted by Gasteiger charge is -2.17. The number of aromatic nitrogens is 2. The van der Waals surface area contributed by atoms with Crippen LogP contribution in [-0.2, 0) is 17.8 Å². The Labute approximate surface area is 81.7 Å². The van der Waals surface area contributed by atoms with Gasteiger partial charge in [0.15, 0.2) is 0 Å². The average Bonchev–Trinajstić information content (AvgIpc) is 2.17. The molecule has 1 N–H and O–H groups in total. The second-order valence-corrected chi connectivity index (χ2v) is 3.51. The fourth-order valence-corrected chi connectivity index (χ4v) is 1.44.